The maximum atomic E-state index is 12.6. The second-order valence-corrected chi connectivity index (χ2v) is 5.62. The molecule has 1 aromatic rings. The first-order valence-electron chi connectivity index (χ1n) is 8.11. The summed E-state index contributed by atoms with van der Waals surface area (Å²) in [6.07, 6.45) is 0. The zero-order chi connectivity index (χ0) is 19.3. The van der Waals surface area contributed by atoms with E-state index in [2.05, 4.69) is 5.32 Å². The number of ether oxygens (including phenoxy) is 2. The molecule has 0 unspecified atom stereocenters. The van der Waals surface area contributed by atoms with Gasteiger partial charge in [-0.05, 0) is 31.5 Å². The van der Waals surface area contributed by atoms with Crippen molar-refractivity contribution in [1.82, 2.24) is 10.2 Å². The summed E-state index contributed by atoms with van der Waals surface area (Å²) in [5, 5.41) is 13.5. The van der Waals surface area contributed by atoms with Crippen LogP contribution in [-0.2, 0) is 14.3 Å². The second kappa shape index (κ2) is 8.43. The van der Waals surface area contributed by atoms with Crippen molar-refractivity contribution in [3.63, 3.8) is 0 Å². The Kier molecular flexibility index (Phi) is 6.29. The number of rotatable bonds is 7. The Morgan fingerprint density at radius 1 is 1.31 bits per heavy atom. The molecule has 0 saturated heterocycles. The summed E-state index contributed by atoms with van der Waals surface area (Å²) in [6.45, 7) is 4.37. The van der Waals surface area contributed by atoms with Crippen LogP contribution in [0.3, 0.4) is 0 Å². The molecule has 1 atom stereocenters. The van der Waals surface area contributed by atoms with E-state index in [9.17, 15) is 19.7 Å². The number of non-ortho nitro benzene ring substituents is 1. The van der Waals surface area contributed by atoms with Gasteiger partial charge in [0.2, 0.25) is 0 Å². The fourth-order valence-electron chi connectivity index (χ4n) is 2.55. The minimum absolute atomic E-state index is 0.0745. The highest BCUT2D eigenvalue weighted by Crippen LogP contribution is 2.31. The first-order valence-corrected chi connectivity index (χ1v) is 8.11. The number of nitrogens with zero attached hydrogens (tertiary/aromatic N) is 2. The van der Waals surface area contributed by atoms with E-state index in [0.717, 1.165) is 0 Å². The highest BCUT2D eigenvalue weighted by molar-refractivity contribution is 5.95. The third kappa shape index (κ3) is 4.17. The van der Waals surface area contributed by atoms with Gasteiger partial charge in [0.25, 0.3) is 5.69 Å². The Morgan fingerprint density at radius 3 is 2.54 bits per heavy atom. The van der Waals surface area contributed by atoms with Gasteiger partial charge in [0.05, 0.1) is 23.1 Å². The van der Waals surface area contributed by atoms with Crippen LogP contribution in [0.15, 0.2) is 35.5 Å². The Hall–Kier alpha value is -2.94. The van der Waals surface area contributed by atoms with Crippen molar-refractivity contribution in [1.29, 1.82) is 0 Å². The van der Waals surface area contributed by atoms with E-state index in [0.29, 0.717) is 17.9 Å². The minimum atomic E-state index is -0.751. The van der Waals surface area contributed by atoms with Crippen molar-refractivity contribution in [2.75, 3.05) is 26.9 Å². The molecule has 0 bridgehead atoms. The Labute approximate surface area is 150 Å². The fraction of sp³-hybridized carbons (Fsp3) is 0.412. The standard InChI is InChI=1S/C17H21N3O6/c1-4-25-9-10-26-16(21)14-11(2)19(3)17(22)18-15(14)12-5-7-13(8-6-12)20(23)24/h5-8,15H,4,9-10H2,1-3H3,(H,18,22)/t15-/m0/s1. The molecule has 2 amide bonds. The highest BCUT2D eigenvalue weighted by Gasteiger charge is 2.35. The van der Waals surface area contributed by atoms with Gasteiger partial charge in [-0.2, -0.15) is 0 Å². The van der Waals surface area contributed by atoms with E-state index in [-0.39, 0.29) is 30.5 Å². The first kappa shape index (κ1) is 19.4. The zero-order valence-corrected chi connectivity index (χ0v) is 14.9. The van der Waals surface area contributed by atoms with Crippen molar-refractivity contribution < 1.29 is 24.0 Å². The predicted molar refractivity (Wildman–Crippen MR) is 92.3 cm³/mol. The number of nitro benzene ring substituents is 1. The van der Waals surface area contributed by atoms with Gasteiger partial charge in [0, 0.05) is 31.5 Å². The van der Waals surface area contributed by atoms with Gasteiger partial charge in [-0.3, -0.25) is 10.1 Å². The van der Waals surface area contributed by atoms with Gasteiger partial charge in [-0.15, -0.1) is 0 Å². The summed E-state index contributed by atoms with van der Waals surface area (Å²) in [7, 11) is 1.55. The lowest BCUT2D eigenvalue weighted by Gasteiger charge is -2.33. The second-order valence-electron chi connectivity index (χ2n) is 5.62. The number of amides is 2. The van der Waals surface area contributed by atoms with Crippen LogP contribution in [0.2, 0.25) is 0 Å². The van der Waals surface area contributed by atoms with Crippen molar-refractivity contribution in [3.05, 3.63) is 51.2 Å². The number of hydrogen-bond donors (Lipinski definition) is 1. The predicted octanol–water partition coefficient (Wildman–Crippen LogP) is 2.14. The number of nitro groups is 1. The minimum Gasteiger partial charge on any atom is -0.460 e. The SMILES string of the molecule is CCOCCOC(=O)C1=C(C)N(C)C(=O)N[C@H]1c1ccc([N+](=O)[O-])cc1. The van der Waals surface area contributed by atoms with Crippen LogP contribution in [0.4, 0.5) is 10.5 Å². The summed E-state index contributed by atoms with van der Waals surface area (Å²) in [5.74, 6) is -0.572. The quantitative estimate of drug-likeness (QED) is 0.344. The summed E-state index contributed by atoms with van der Waals surface area (Å²) in [5.41, 5.74) is 1.21. The third-order valence-corrected chi connectivity index (χ3v) is 4.08. The molecule has 0 aromatic heterocycles. The molecule has 0 spiro atoms. The van der Waals surface area contributed by atoms with E-state index in [1.807, 2.05) is 6.92 Å². The molecule has 9 heteroatoms. The molecule has 0 aliphatic carbocycles. The lowest BCUT2D eigenvalue weighted by atomic mass is 9.95. The number of benzene rings is 1. The van der Waals surface area contributed by atoms with E-state index >= 15 is 0 Å². The molecular formula is C17H21N3O6. The molecule has 140 valence electrons. The summed E-state index contributed by atoms with van der Waals surface area (Å²) < 4.78 is 10.4. The Balaban J connectivity index is 2.30. The topological polar surface area (TPSA) is 111 Å². The fourth-order valence-corrected chi connectivity index (χ4v) is 2.55. The summed E-state index contributed by atoms with van der Waals surface area (Å²) >= 11 is 0. The smallest absolute Gasteiger partial charge is 0.338 e. The van der Waals surface area contributed by atoms with Gasteiger partial charge in [-0.1, -0.05) is 0 Å². The third-order valence-electron chi connectivity index (χ3n) is 4.08. The van der Waals surface area contributed by atoms with Crippen LogP contribution in [0.25, 0.3) is 0 Å². The molecular weight excluding hydrogens is 342 g/mol. The van der Waals surface area contributed by atoms with Crippen molar-refractivity contribution in [2.24, 2.45) is 0 Å². The molecule has 0 radical (unpaired) electrons. The van der Waals surface area contributed by atoms with E-state index in [4.69, 9.17) is 9.47 Å². The van der Waals surface area contributed by atoms with Crippen LogP contribution in [0, 0.1) is 10.1 Å². The van der Waals surface area contributed by atoms with Crippen LogP contribution in [0.5, 0.6) is 0 Å². The molecule has 1 aromatic carbocycles. The summed E-state index contributed by atoms with van der Waals surface area (Å²) in [4.78, 5) is 36.3. The Bertz CT molecular complexity index is 729. The molecule has 0 saturated carbocycles. The number of carbonyl (C=O) groups is 2. The molecule has 9 nitrogen and oxygen atoms in total. The number of esters is 1. The van der Waals surface area contributed by atoms with Gasteiger partial charge < -0.3 is 19.7 Å². The van der Waals surface area contributed by atoms with Gasteiger partial charge in [0.1, 0.15) is 6.61 Å². The number of allylic oxidation sites excluding steroid dienone is 1. The maximum Gasteiger partial charge on any atom is 0.338 e. The van der Waals surface area contributed by atoms with Crippen LogP contribution >= 0.6 is 0 Å². The Morgan fingerprint density at radius 2 is 1.96 bits per heavy atom. The largest absolute Gasteiger partial charge is 0.460 e. The number of hydrogen-bond acceptors (Lipinski definition) is 6. The van der Waals surface area contributed by atoms with Gasteiger partial charge in [-0.25, -0.2) is 9.59 Å². The van der Waals surface area contributed by atoms with Gasteiger partial charge in [0.15, 0.2) is 0 Å². The average molecular weight is 363 g/mol. The van der Waals surface area contributed by atoms with E-state index < -0.39 is 16.9 Å². The van der Waals surface area contributed by atoms with Crippen LogP contribution in [-0.4, -0.2) is 48.7 Å². The van der Waals surface area contributed by atoms with Crippen molar-refractivity contribution in [3.8, 4) is 0 Å². The molecule has 2 rings (SSSR count). The molecule has 0 fully saturated rings. The first-order chi connectivity index (χ1) is 12.4. The van der Waals surface area contributed by atoms with Crippen LogP contribution < -0.4 is 5.32 Å². The molecule has 1 aliphatic heterocycles. The molecule has 26 heavy (non-hydrogen) atoms. The number of carbonyl (C=O) groups excluding carboxylic acids is 2. The maximum absolute atomic E-state index is 12.6. The lowest BCUT2D eigenvalue weighted by molar-refractivity contribution is -0.384. The summed E-state index contributed by atoms with van der Waals surface area (Å²) in [6, 6.07) is 4.54. The normalized spacial score (nSPS) is 17.1. The monoisotopic (exact) mass is 363 g/mol. The van der Waals surface area contributed by atoms with E-state index in [1.54, 1.807) is 14.0 Å². The van der Waals surface area contributed by atoms with Gasteiger partial charge >= 0.3 is 12.0 Å². The van der Waals surface area contributed by atoms with Crippen molar-refractivity contribution >= 4 is 17.7 Å². The zero-order valence-electron chi connectivity index (χ0n) is 14.9. The average Bonchev–Trinajstić information content (AvgIpc) is 2.63. The number of nitrogens with one attached hydrogen (secondary N) is 1. The van der Waals surface area contributed by atoms with Crippen LogP contribution in [0.1, 0.15) is 25.5 Å². The number of urea groups is 1. The molecule has 1 aliphatic rings. The van der Waals surface area contributed by atoms with Crippen molar-refractivity contribution in [2.45, 2.75) is 19.9 Å². The van der Waals surface area contributed by atoms with E-state index in [1.165, 1.54) is 29.2 Å². The lowest BCUT2D eigenvalue weighted by Crippen LogP contribution is -2.46. The molecule has 1 N–H and O–H groups in total. The highest BCUT2D eigenvalue weighted by atomic mass is 16.6. The molecule has 1 heterocycles.